The average Bonchev–Trinajstić information content (AvgIpc) is 2.79. The van der Waals surface area contributed by atoms with Gasteiger partial charge in [-0.25, -0.2) is 4.79 Å². The van der Waals surface area contributed by atoms with Crippen LogP contribution in [0.3, 0.4) is 0 Å². The molecule has 138 valence electrons. The van der Waals surface area contributed by atoms with Crippen LogP contribution in [0.5, 0.6) is 0 Å². The molecule has 3 nitrogen and oxygen atoms in total. The first-order valence-corrected chi connectivity index (χ1v) is 9.49. The van der Waals surface area contributed by atoms with Crippen molar-refractivity contribution in [3.8, 4) is 0 Å². The fourth-order valence-corrected chi connectivity index (χ4v) is 4.82. The van der Waals surface area contributed by atoms with Crippen LogP contribution in [-0.4, -0.2) is 18.9 Å². The number of rotatable bonds is 4. The molecule has 1 saturated carbocycles. The SMILES string of the molecule is C=C(C(=O)OC)[C@@H]1CC[C@H](C)[C@H]2C(=C(C)C(=O)C2Cc2ccccc2)C1. The van der Waals surface area contributed by atoms with E-state index < -0.39 is 0 Å². The van der Waals surface area contributed by atoms with Crippen molar-refractivity contribution in [3.63, 3.8) is 0 Å². The summed E-state index contributed by atoms with van der Waals surface area (Å²) in [4.78, 5) is 25.0. The van der Waals surface area contributed by atoms with Crippen LogP contribution in [0.15, 0.2) is 53.6 Å². The Morgan fingerprint density at radius 2 is 1.92 bits per heavy atom. The second-order valence-corrected chi connectivity index (χ2v) is 7.81. The first kappa shape index (κ1) is 18.6. The fourth-order valence-electron chi connectivity index (χ4n) is 4.82. The molecule has 1 fully saturated rings. The lowest BCUT2D eigenvalue weighted by Crippen LogP contribution is -2.25. The number of hydrogen-bond acceptors (Lipinski definition) is 3. The molecule has 0 saturated heterocycles. The molecule has 0 radical (unpaired) electrons. The standard InChI is InChI=1S/C23H28O3/c1-14-10-11-18(15(2)23(25)26-4)13-19-16(3)22(24)20(21(14)19)12-17-8-6-5-7-9-17/h5-9,14,18,20-21H,2,10-13H2,1,3-4H3/t14-,18+,20?,21-/m0/s1. The topological polar surface area (TPSA) is 43.4 Å². The molecule has 0 spiro atoms. The Balaban J connectivity index is 1.87. The van der Waals surface area contributed by atoms with Gasteiger partial charge in [-0.1, -0.05) is 49.4 Å². The Hall–Kier alpha value is -2.16. The van der Waals surface area contributed by atoms with Crippen LogP contribution in [0, 0.1) is 23.7 Å². The van der Waals surface area contributed by atoms with Crippen molar-refractivity contribution in [2.45, 2.75) is 39.5 Å². The minimum absolute atomic E-state index is 0.0209. The molecule has 2 aliphatic rings. The first-order valence-electron chi connectivity index (χ1n) is 9.49. The molecule has 1 aromatic rings. The van der Waals surface area contributed by atoms with E-state index in [1.165, 1.54) is 18.2 Å². The van der Waals surface area contributed by atoms with Gasteiger partial charge in [-0.3, -0.25) is 4.79 Å². The number of fused-ring (bicyclic) bond motifs is 1. The summed E-state index contributed by atoms with van der Waals surface area (Å²) >= 11 is 0. The second-order valence-electron chi connectivity index (χ2n) is 7.81. The summed E-state index contributed by atoms with van der Waals surface area (Å²) in [6, 6.07) is 10.3. The lowest BCUT2D eigenvalue weighted by Gasteiger charge is -2.26. The van der Waals surface area contributed by atoms with Gasteiger partial charge in [-0.15, -0.1) is 0 Å². The minimum Gasteiger partial charge on any atom is -0.466 e. The maximum absolute atomic E-state index is 13.0. The van der Waals surface area contributed by atoms with Gasteiger partial charge in [0.15, 0.2) is 5.78 Å². The van der Waals surface area contributed by atoms with E-state index in [0.29, 0.717) is 11.5 Å². The van der Waals surface area contributed by atoms with Crippen LogP contribution >= 0.6 is 0 Å². The monoisotopic (exact) mass is 352 g/mol. The van der Waals surface area contributed by atoms with E-state index in [9.17, 15) is 9.59 Å². The van der Waals surface area contributed by atoms with E-state index in [-0.39, 0.29) is 29.5 Å². The third-order valence-corrected chi connectivity index (χ3v) is 6.31. The smallest absolute Gasteiger partial charge is 0.333 e. The fraction of sp³-hybridized carbons (Fsp3) is 0.478. The maximum Gasteiger partial charge on any atom is 0.333 e. The Labute approximate surface area is 156 Å². The number of ether oxygens (including phenoxy) is 1. The van der Waals surface area contributed by atoms with Crippen LogP contribution in [0.4, 0.5) is 0 Å². The molecule has 26 heavy (non-hydrogen) atoms. The van der Waals surface area contributed by atoms with Gasteiger partial charge >= 0.3 is 5.97 Å². The first-order chi connectivity index (χ1) is 12.4. The Morgan fingerprint density at radius 3 is 2.58 bits per heavy atom. The zero-order chi connectivity index (χ0) is 18.8. The Morgan fingerprint density at radius 1 is 1.23 bits per heavy atom. The molecule has 0 amide bonds. The number of esters is 1. The van der Waals surface area contributed by atoms with Crippen molar-refractivity contribution < 1.29 is 14.3 Å². The highest BCUT2D eigenvalue weighted by molar-refractivity contribution is 6.01. The lowest BCUT2D eigenvalue weighted by molar-refractivity contribution is -0.136. The molecule has 1 aromatic carbocycles. The molecule has 0 N–H and O–H groups in total. The number of allylic oxidation sites excluding steroid dienone is 2. The quantitative estimate of drug-likeness (QED) is 0.591. The third-order valence-electron chi connectivity index (χ3n) is 6.31. The van der Waals surface area contributed by atoms with Gasteiger partial charge in [0, 0.05) is 11.5 Å². The summed E-state index contributed by atoms with van der Waals surface area (Å²) in [6.07, 6.45) is 3.47. The number of Topliss-reactive ketones (excluding diaryl/α,β-unsaturated/α-hetero) is 1. The Kier molecular flexibility index (Phi) is 5.45. The molecular formula is C23H28O3. The number of hydrogen-bond donors (Lipinski definition) is 0. The summed E-state index contributed by atoms with van der Waals surface area (Å²) in [5, 5.41) is 0. The predicted octanol–water partition coefficient (Wildman–Crippen LogP) is 4.53. The van der Waals surface area contributed by atoms with Gasteiger partial charge in [0.1, 0.15) is 0 Å². The molecule has 0 aromatic heterocycles. The van der Waals surface area contributed by atoms with E-state index in [1.807, 2.05) is 25.1 Å². The molecule has 2 aliphatic carbocycles. The molecule has 0 bridgehead atoms. The molecule has 0 heterocycles. The number of carbonyl (C=O) groups excluding carboxylic acids is 2. The summed E-state index contributed by atoms with van der Waals surface area (Å²) in [6.45, 7) is 8.19. The highest BCUT2D eigenvalue weighted by Crippen LogP contribution is 2.48. The van der Waals surface area contributed by atoms with E-state index in [2.05, 4.69) is 25.6 Å². The number of methoxy groups -OCH3 is 1. The van der Waals surface area contributed by atoms with E-state index >= 15 is 0 Å². The van der Waals surface area contributed by atoms with Crippen molar-refractivity contribution in [1.82, 2.24) is 0 Å². The summed E-state index contributed by atoms with van der Waals surface area (Å²) < 4.78 is 4.87. The zero-order valence-corrected chi connectivity index (χ0v) is 16.0. The summed E-state index contributed by atoms with van der Waals surface area (Å²) in [5.74, 6) is 0.749. The highest BCUT2D eigenvalue weighted by Gasteiger charge is 2.44. The van der Waals surface area contributed by atoms with Crippen molar-refractivity contribution in [1.29, 1.82) is 0 Å². The van der Waals surface area contributed by atoms with Gasteiger partial charge in [0.2, 0.25) is 0 Å². The number of ketones is 1. The van der Waals surface area contributed by atoms with Gasteiger partial charge in [0.05, 0.1) is 7.11 Å². The van der Waals surface area contributed by atoms with Crippen molar-refractivity contribution >= 4 is 11.8 Å². The van der Waals surface area contributed by atoms with Gasteiger partial charge < -0.3 is 4.74 Å². The lowest BCUT2D eigenvalue weighted by atomic mass is 9.77. The van der Waals surface area contributed by atoms with E-state index in [1.54, 1.807) is 0 Å². The number of carbonyl (C=O) groups is 2. The largest absolute Gasteiger partial charge is 0.466 e. The molecule has 1 unspecified atom stereocenters. The van der Waals surface area contributed by atoms with E-state index in [0.717, 1.165) is 31.3 Å². The van der Waals surface area contributed by atoms with Gasteiger partial charge in [0.25, 0.3) is 0 Å². The van der Waals surface area contributed by atoms with Crippen molar-refractivity contribution in [2.24, 2.45) is 23.7 Å². The molecule has 3 heteroatoms. The van der Waals surface area contributed by atoms with Crippen molar-refractivity contribution in [3.05, 3.63) is 59.2 Å². The molecular weight excluding hydrogens is 324 g/mol. The van der Waals surface area contributed by atoms with Crippen LogP contribution in [0.2, 0.25) is 0 Å². The number of benzene rings is 1. The predicted molar refractivity (Wildman–Crippen MR) is 102 cm³/mol. The van der Waals surface area contributed by atoms with Crippen LogP contribution in [-0.2, 0) is 20.7 Å². The molecule has 0 aliphatic heterocycles. The van der Waals surface area contributed by atoms with Gasteiger partial charge in [-0.2, -0.15) is 0 Å². The van der Waals surface area contributed by atoms with Crippen LogP contribution in [0.25, 0.3) is 0 Å². The van der Waals surface area contributed by atoms with Crippen LogP contribution < -0.4 is 0 Å². The molecule has 3 rings (SSSR count). The average molecular weight is 352 g/mol. The maximum atomic E-state index is 13.0. The van der Waals surface area contributed by atoms with E-state index in [4.69, 9.17) is 4.74 Å². The second kappa shape index (κ2) is 7.61. The Bertz CT molecular complexity index is 744. The summed E-state index contributed by atoms with van der Waals surface area (Å²) in [7, 11) is 1.40. The molecule has 4 atom stereocenters. The summed E-state index contributed by atoms with van der Waals surface area (Å²) in [5.41, 5.74) is 3.91. The minimum atomic E-state index is -0.329. The van der Waals surface area contributed by atoms with Crippen LogP contribution in [0.1, 0.15) is 38.7 Å². The van der Waals surface area contributed by atoms with Crippen molar-refractivity contribution in [2.75, 3.05) is 7.11 Å². The highest BCUT2D eigenvalue weighted by atomic mass is 16.5. The van der Waals surface area contributed by atoms with Gasteiger partial charge in [-0.05, 0) is 61.5 Å². The zero-order valence-electron chi connectivity index (χ0n) is 16.0. The third kappa shape index (κ3) is 3.40. The normalized spacial score (nSPS) is 28.5.